The highest BCUT2D eigenvalue weighted by atomic mass is 79.9. The Balaban J connectivity index is 1.55. The number of carbonyl (C=O) groups is 3. The van der Waals surface area contributed by atoms with Crippen molar-refractivity contribution < 1.29 is 24.2 Å². The first kappa shape index (κ1) is 31.4. The zero-order valence-corrected chi connectivity index (χ0v) is 26.3. The molecule has 3 amide bonds. The first-order valence-electron chi connectivity index (χ1n) is 14.6. The van der Waals surface area contributed by atoms with E-state index >= 15 is 0 Å². The molecule has 0 saturated carbocycles. The lowest BCUT2D eigenvalue weighted by Crippen LogP contribution is -2.57. The second-order valence-corrected chi connectivity index (χ2v) is 12.9. The van der Waals surface area contributed by atoms with Gasteiger partial charge in [0.1, 0.15) is 11.6 Å². The van der Waals surface area contributed by atoms with Gasteiger partial charge in [-0.2, -0.15) is 0 Å². The van der Waals surface area contributed by atoms with Crippen LogP contribution in [0.2, 0.25) is 5.02 Å². The Labute approximate surface area is 266 Å². The van der Waals surface area contributed by atoms with Gasteiger partial charge in [-0.15, -0.1) is 13.2 Å². The van der Waals surface area contributed by atoms with E-state index in [-0.39, 0.29) is 42.2 Å². The number of aliphatic hydroxyl groups is 1. The maximum Gasteiger partial charge on any atom is 0.253 e. The van der Waals surface area contributed by atoms with Crippen molar-refractivity contribution in [3.8, 4) is 0 Å². The number of carbonyl (C=O) groups excluding carboxylic acids is 3. The number of alkyl halides is 1. The number of benzene rings is 2. The van der Waals surface area contributed by atoms with Crippen LogP contribution in [0.5, 0.6) is 0 Å². The Morgan fingerprint density at radius 3 is 2.44 bits per heavy atom. The Kier molecular flexibility index (Phi) is 9.76. The van der Waals surface area contributed by atoms with Crippen LogP contribution in [-0.2, 0) is 25.7 Å². The molecule has 1 spiro atoms. The number of nitrogens with zero attached hydrogens (tertiary/aromatic N) is 3. The van der Waals surface area contributed by atoms with Crippen LogP contribution < -0.4 is 4.90 Å². The topological polar surface area (TPSA) is 90.4 Å². The van der Waals surface area contributed by atoms with Gasteiger partial charge in [-0.25, -0.2) is 0 Å². The maximum atomic E-state index is 14.6. The minimum atomic E-state index is -1.21. The van der Waals surface area contributed by atoms with Crippen molar-refractivity contribution in [1.82, 2.24) is 9.80 Å². The highest BCUT2D eigenvalue weighted by Crippen LogP contribution is 2.60. The molecule has 3 heterocycles. The lowest BCUT2D eigenvalue weighted by atomic mass is 9.70. The second kappa shape index (κ2) is 13.3. The van der Waals surface area contributed by atoms with Crippen LogP contribution in [-0.4, -0.2) is 81.4 Å². The molecule has 3 saturated heterocycles. The van der Waals surface area contributed by atoms with E-state index in [1.807, 2.05) is 30.3 Å². The molecule has 8 nitrogen and oxygen atoms in total. The van der Waals surface area contributed by atoms with Gasteiger partial charge in [-0.05, 0) is 37.0 Å². The van der Waals surface area contributed by atoms with Gasteiger partial charge in [0.2, 0.25) is 11.8 Å². The molecule has 3 aliphatic heterocycles. The molecule has 3 unspecified atom stereocenters. The number of anilines is 1. The fraction of sp³-hybridized carbons (Fsp3) is 0.424. The molecule has 3 fully saturated rings. The highest BCUT2D eigenvalue weighted by Gasteiger charge is 2.76. The summed E-state index contributed by atoms with van der Waals surface area (Å²) in [5.74, 6) is -2.42. The van der Waals surface area contributed by atoms with Gasteiger partial charge in [-0.1, -0.05) is 82.1 Å². The van der Waals surface area contributed by atoms with Gasteiger partial charge in [-0.3, -0.25) is 14.4 Å². The number of para-hydroxylation sites is 1. The molecule has 43 heavy (non-hydrogen) atoms. The monoisotopic (exact) mass is 669 g/mol. The number of ether oxygens (including phenoxy) is 1. The van der Waals surface area contributed by atoms with E-state index in [9.17, 15) is 19.5 Å². The largest absolute Gasteiger partial charge is 0.396 e. The van der Waals surface area contributed by atoms with Gasteiger partial charge in [0, 0.05) is 37.6 Å². The molecule has 228 valence electrons. The second-order valence-electron chi connectivity index (χ2n) is 11.3. The standard InChI is InChI=1S/C33H37BrClN3O5/c1-3-16-36(21-22-12-6-5-7-13-22)30(40)26-27-31(41)38(18-10-11-19-39)29(33(27)20-23(34)28(26)43-33)32(42)37(17-4-2)25-15-9-8-14-24(25)35/h3-9,12-15,23,26-29,39H,1-2,10-11,16-21H2/t23?,26-,27-,28-,29?,33?/m0/s1. The summed E-state index contributed by atoms with van der Waals surface area (Å²) in [5.41, 5.74) is 0.259. The van der Waals surface area contributed by atoms with Crippen LogP contribution in [0.25, 0.3) is 0 Å². The predicted molar refractivity (Wildman–Crippen MR) is 170 cm³/mol. The predicted octanol–water partition coefficient (Wildman–Crippen LogP) is 4.59. The summed E-state index contributed by atoms with van der Waals surface area (Å²) in [6.45, 7) is 8.76. The number of fused-ring (bicyclic) bond motifs is 1. The molecule has 1 N–H and O–H groups in total. The van der Waals surface area contributed by atoms with Crippen molar-refractivity contribution >= 4 is 50.9 Å². The number of halogens is 2. The number of amides is 3. The van der Waals surface area contributed by atoms with Crippen molar-refractivity contribution in [1.29, 1.82) is 0 Å². The Hall–Kier alpha value is -2.98. The van der Waals surface area contributed by atoms with Crippen molar-refractivity contribution in [2.45, 2.75) is 48.4 Å². The number of rotatable bonds is 13. The van der Waals surface area contributed by atoms with E-state index in [0.717, 1.165) is 5.56 Å². The minimum absolute atomic E-state index is 0.0312. The smallest absolute Gasteiger partial charge is 0.253 e. The fourth-order valence-electron chi connectivity index (χ4n) is 6.98. The Morgan fingerprint density at radius 1 is 1.07 bits per heavy atom. The van der Waals surface area contributed by atoms with Crippen molar-refractivity contribution in [2.75, 3.05) is 31.1 Å². The van der Waals surface area contributed by atoms with Crippen LogP contribution in [0.4, 0.5) is 5.69 Å². The van der Waals surface area contributed by atoms with Crippen molar-refractivity contribution in [3.05, 3.63) is 90.5 Å². The van der Waals surface area contributed by atoms with Gasteiger partial charge in [0.15, 0.2) is 0 Å². The van der Waals surface area contributed by atoms with E-state index < -0.39 is 29.6 Å². The first-order chi connectivity index (χ1) is 20.8. The van der Waals surface area contributed by atoms with Gasteiger partial charge in [0.25, 0.3) is 5.91 Å². The van der Waals surface area contributed by atoms with Gasteiger partial charge >= 0.3 is 0 Å². The zero-order chi connectivity index (χ0) is 30.7. The molecule has 2 aromatic rings. The average molecular weight is 671 g/mol. The van der Waals surface area contributed by atoms with Crippen molar-refractivity contribution in [3.63, 3.8) is 0 Å². The minimum Gasteiger partial charge on any atom is -0.396 e. The third kappa shape index (κ3) is 5.68. The lowest BCUT2D eigenvalue weighted by molar-refractivity contribution is -0.145. The summed E-state index contributed by atoms with van der Waals surface area (Å²) < 4.78 is 6.71. The van der Waals surface area contributed by atoms with E-state index in [2.05, 4.69) is 29.1 Å². The maximum absolute atomic E-state index is 14.6. The van der Waals surface area contributed by atoms with Crippen LogP contribution in [0.1, 0.15) is 24.8 Å². The molecule has 2 aromatic carbocycles. The lowest BCUT2D eigenvalue weighted by Gasteiger charge is -2.37. The third-order valence-corrected chi connectivity index (χ3v) is 9.88. The number of hydrogen-bond donors (Lipinski definition) is 1. The fourth-order valence-corrected chi connectivity index (χ4v) is 8.16. The summed E-state index contributed by atoms with van der Waals surface area (Å²) in [6, 6.07) is 15.7. The first-order valence-corrected chi connectivity index (χ1v) is 15.9. The summed E-state index contributed by atoms with van der Waals surface area (Å²) in [6.07, 6.45) is 4.09. The Bertz CT molecular complexity index is 1380. The average Bonchev–Trinajstić information content (AvgIpc) is 3.59. The van der Waals surface area contributed by atoms with Crippen LogP contribution in [0.15, 0.2) is 79.9 Å². The van der Waals surface area contributed by atoms with E-state index in [1.165, 1.54) is 4.90 Å². The quantitative estimate of drug-likeness (QED) is 0.191. The number of aliphatic hydroxyl groups excluding tert-OH is 1. The summed E-state index contributed by atoms with van der Waals surface area (Å²) in [5, 5.41) is 9.87. The molecule has 10 heteroatoms. The molecule has 6 atom stereocenters. The highest BCUT2D eigenvalue weighted by molar-refractivity contribution is 9.09. The molecular weight excluding hydrogens is 634 g/mol. The zero-order valence-electron chi connectivity index (χ0n) is 24.0. The third-order valence-electron chi connectivity index (χ3n) is 8.71. The molecule has 3 aliphatic rings. The number of unbranched alkanes of at least 4 members (excludes halogenated alkanes) is 1. The van der Waals surface area contributed by atoms with Crippen LogP contribution in [0.3, 0.4) is 0 Å². The molecule has 2 bridgehead atoms. The molecule has 5 rings (SSSR count). The molecule has 0 aromatic heterocycles. The normalized spacial score (nSPS) is 27.2. The molecular formula is C33H37BrClN3O5. The SMILES string of the molecule is C=CCN(Cc1ccccc1)C(=O)[C@H]1[C@H]2C(=O)N(CCCCO)C(C(=O)N(CC=C)c3ccccc3Cl)C23CC(Br)[C@@H]1O3. The summed E-state index contributed by atoms with van der Waals surface area (Å²) >= 11 is 10.3. The van der Waals surface area contributed by atoms with Gasteiger partial charge in [0.05, 0.1) is 28.6 Å². The summed E-state index contributed by atoms with van der Waals surface area (Å²) in [7, 11) is 0. The summed E-state index contributed by atoms with van der Waals surface area (Å²) in [4.78, 5) is 48.0. The van der Waals surface area contributed by atoms with Crippen LogP contribution >= 0.6 is 27.5 Å². The van der Waals surface area contributed by atoms with E-state index in [4.69, 9.17) is 16.3 Å². The molecule has 0 aliphatic carbocycles. The van der Waals surface area contributed by atoms with Crippen LogP contribution in [0, 0.1) is 11.8 Å². The molecule has 0 radical (unpaired) electrons. The number of likely N-dealkylation sites (tertiary alicyclic amines) is 1. The van der Waals surface area contributed by atoms with Gasteiger partial charge < -0.3 is 24.5 Å². The van der Waals surface area contributed by atoms with Crippen molar-refractivity contribution in [2.24, 2.45) is 11.8 Å². The Morgan fingerprint density at radius 2 is 1.77 bits per heavy atom. The van der Waals surface area contributed by atoms with E-state index in [1.54, 1.807) is 46.2 Å². The van der Waals surface area contributed by atoms with E-state index in [0.29, 0.717) is 43.1 Å². The number of hydrogen-bond acceptors (Lipinski definition) is 5.